The van der Waals surface area contributed by atoms with Gasteiger partial charge in [0.1, 0.15) is 23.7 Å². The van der Waals surface area contributed by atoms with Crippen LogP contribution in [0.15, 0.2) is 66.1 Å². The van der Waals surface area contributed by atoms with E-state index in [-0.39, 0.29) is 4.90 Å². The first-order valence-electron chi connectivity index (χ1n) is 8.92. The molecule has 28 heavy (non-hydrogen) atoms. The zero-order chi connectivity index (χ0) is 19.6. The second-order valence-corrected chi connectivity index (χ2v) is 8.33. The monoisotopic (exact) mass is 399 g/mol. The van der Waals surface area contributed by atoms with Crippen LogP contribution in [-0.2, 0) is 10.0 Å². The highest BCUT2D eigenvalue weighted by molar-refractivity contribution is 7.89. The number of aromatic nitrogens is 3. The fraction of sp³-hybridized carbons (Fsp3) is 0.263. The summed E-state index contributed by atoms with van der Waals surface area (Å²) in [5.41, 5.74) is 0. The molecule has 4 rings (SSSR count). The van der Waals surface area contributed by atoms with Crippen molar-refractivity contribution in [3.8, 4) is 11.6 Å². The Kier molecular flexibility index (Phi) is 5.01. The highest BCUT2D eigenvalue weighted by Gasteiger charge is 2.29. The zero-order valence-corrected chi connectivity index (χ0v) is 16.3. The average Bonchev–Trinajstić information content (AvgIpc) is 3.29. The van der Waals surface area contributed by atoms with Gasteiger partial charge in [-0.2, -0.15) is 4.31 Å². The van der Waals surface area contributed by atoms with Crippen LogP contribution in [0.5, 0.6) is 5.75 Å². The number of piperazine rings is 1. The van der Waals surface area contributed by atoms with E-state index >= 15 is 0 Å². The lowest BCUT2D eigenvalue weighted by molar-refractivity contribution is 0.382. The third kappa shape index (κ3) is 3.58. The Hall–Kier alpha value is -2.91. The first kappa shape index (κ1) is 18.5. The summed E-state index contributed by atoms with van der Waals surface area (Å²) < 4.78 is 34.4. The predicted octanol–water partition coefficient (Wildman–Crippen LogP) is 1.79. The Bertz CT molecular complexity index is 1040. The molecule has 0 N–H and O–H groups in total. The predicted molar refractivity (Wildman–Crippen MR) is 105 cm³/mol. The van der Waals surface area contributed by atoms with Gasteiger partial charge in [0.2, 0.25) is 10.0 Å². The van der Waals surface area contributed by atoms with Crippen molar-refractivity contribution >= 4 is 15.8 Å². The summed E-state index contributed by atoms with van der Waals surface area (Å²) in [5.74, 6) is 2.09. The van der Waals surface area contributed by atoms with Crippen LogP contribution in [-0.4, -0.2) is 60.5 Å². The molecule has 1 aliphatic rings. The van der Waals surface area contributed by atoms with Crippen LogP contribution in [0.25, 0.3) is 5.82 Å². The number of hydrogen-bond acceptors (Lipinski definition) is 6. The smallest absolute Gasteiger partial charge is 0.243 e. The SMILES string of the molecule is COc1cccc(S(=O)(=O)N2CCN(c3cc(-n4cccc4)ncn3)CC2)c1. The summed E-state index contributed by atoms with van der Waals surface area (Å²) in [6.07, 6.45) is 5.37. The van der Waals surface area contributed by atoms with Crippen LogP contribution in [0.4, 0.5) is 5.82 Å². The molecular weight excluding hydrogens is 378 g/mol. The Morgan fingerprint density at radius 2 is 1.64 bits per heavy atom. The maximum absolute atomic E-state index is 12.9. The summed E-state index contributed by atoms with van der Waals surface area (Å²) >= 11 is 0. The molecule has 1 aromatic carbocycles. The van der Waals surface area contributed by atoms with Crippen molar-refractivity contribution in [3.63, 3.8) is 0 Å². The van der Waals surface area contributed by atoms with Gasteiger partial charge in [-0.1, -0.05) is 6.07 Å². The van der Waals surface area contributed by atoms with Crippen molar-refractivity contribution in [2.45, 2.75) is 4.90 Å². The van der Waals surface area contributed by atoms with Gasteiger partial charge in [0.25, 0.3) is 0 Å². The fourth-order valence-electron chi connectivity index (χ4n) is 3.21. The van der Waals surface area contributed by atoms with Gasteiger partial charge < -0.3 is 14.2 Å². The van der Waals surface area contributed by atoms with Gasteiger partial charge in [0.05, 0.1) is 12.0 Å². The first-order valence-corrected chi connectivity index (χ1v) is 10.4. The van der Waals surface area contributed by atoms with Gasteiger partial charge in [-0.15, -0.1) is 0 Å². The molecule has 9 heteroatoms. The average molecular weight is 399 g/mol. The molecule has 3 aromatic rings. The van der Waals surface area contributed by atoms with E-state index in [1.807, 2.05) is 35.2 Å². The third-order valence-electron chi connectivity index (χ3n) is 4.75. The van der Waals surface area contributed by atoms with Gasteiger partial charge >= 0.3 is 0 Å². The zero-order valence-electron chi connectivity index (χ0n) is 15.5. The quantitative estimate of drug-likeness (QED) is 0.651. The highest BCUT2D eigenvalue weighted by atomic mass is 32.2. The fourth-order valence-corrected chi connectivity index (χ4v) is 4.66. The molecule has 0 aliphatic carbocycles. The number of nitrogens with zero attached hydrogens (tertiary/aromatic N) is 5. The van der Waals surface area contributed by atoms with Crippen LogP contribution >= 0.6 is 0 Å². The van der Waals surface area contributed by atoms with E-state index in [2.05, 4.69) is 14.9 Å². The van der Waals surface area contributed by atoms with Crippen molar-refractivity contribution in [3.05, 3.63) is 61.2 Å². The molecule has 1 saturated heterocycles. The topological polar surface area (TPSA) is 80.6 Å². The normalized spacial score (nSPS) is 15.5. The third-order valence-corrected chi connectivity index (χ3v) is 6.64. The molecule has 3 heterocycles. The van der Waals surface area contributed by atoms with Crippen molar-refractivity contribution in [2.75, 3.05) is 38.2 Å². The Balaban J connectivity index is 1.48. The molecule has 0 atom stereocenters. The van der Waals surface area contributed by atoms with Crippen LogP contribution in [0.2, 0.25) is 0 Å². The molecule has 1 aliphatic heterocycles. The summed E-state index contributed by atoms with van der Waals surface area (Å²) in [6, 6.07) is 12.3. The number of anilines is 1. The van der Waals surface area contributed by atoms with E-state index in [0.29, 0.717) is 31.9 Å². The lowest BCUT2D eigenvalue weighted by atomic mass is 10.3. The van der Waals surface area contributed by atoms with Crippen molar-refractivity contribution < 1.29 is 13.2 Å². The summed E-state index contributed by atoms with van der Waals surface area (Å²) in [4.78, 5) is 11.0. The number of benzene rings is 1. The molecule has 1 fully saturated rings. The lowest BCUT2D eigenvalue weighted by Gasteiger charge is -2.34. The van der Waals surface area contributed by atoms with Crippen molar-refractivity contribution in [2.24, 2.45) is 0 Å². The van der Waals surface area contributed by atoms with Crippen LogP contribution in [0, 0.1) is 0 Å². The van der Waals surface area contributed by atoms with Crippen LogP contribution in [0.3, 0.4) is 0 Å². The summed E-state index contributed by atoms with van der Waals surface area (Å²) in [6.45, 7) is 1.90. The molecule has 0 radical (unpaired) electrons. The first-order chi connectivity index (χ1) is 13.6. The number of hydrogen-bond donors (Lipinski definition) is 0. The minimum atomic E-state index is -3.55. The van der Waals surface area contributed by atoms with E-state index in [1.165, 1.54) is 17.7 Å². The van der Waals surface area contributed by atoms with E-state index in [0.717, 1.165) is 11.6 Å². The molecule has 2 aromatic heterocycles. The number of sulfonamides is 1. The maximum Gasteiger partial charge on any atom is 0.243 e. The lowest BCUT2D eigenvalue weighted by Crippen LogP contribution is -2.48. The minimum absolute atomic E-state index is 0.247. The largest absolute Gasteiger partial charge is 0.497 e. The molecule has 0 spiro atoms. The molecule has 0 bridgehead atoms. The molecule has 0 saturated carbocycles. The van der Waals surface area contributed by atoms with Crippen molar-refractivity contribution in [1.29, 1.82) is 0 Å². The molecule has 146 valence electrons. The van der Waals surface area contributed by atoms with E-state index in [4.69, 9.17) is 4.74 Å². The minimum Gasteiger partial charge on any atom is -0.497 e. The number of methoxy groups -OCH3 is 1. The molecule has 0 unspecified atom stereocenters. The maximum atomic E-state index is 12.9. The van der Waals surface area contributed by atoms with E-state index in [9.17, 15) is 8.42 Å². The van der Waals surface area contributed by atoms with Gasteiger partial charge in [0, 0.05) is 50.7 Å². The van der Waals surface area contributed by atoms with Crippen LogP contribution in [0.1, 0.15) is 0 Å². The van der Waals surface area contributed by atoms with E-state index in [1.54, 1.807) is 24.3 Å². The highest BCUT2D eigenvalue weighted by Crippen LogP contribution is 2.23. The van der Waals surface area contributed by atoms with E-state index < -0.39 is 10.0 Å². The van der Waals surface area contributed by atoms with Crippen molar-refractivity contribution in [1.82, 2.24) is 18.8 Å². The van der Waals surface area contributed by atoms with Gasteiger partial charge in [0.15, 0.2) is 0 Å². The van der Waals surface area contributed by atoms with Gasteiger partial charge in [-0.05, 0) is 24.3 Å². The standard InChI is InChI=1S/C19H21N5O3S/c1-27-16-5-4-6-17(13-16)28(25,26)24-11-9-23(10-12-24)19-14-18(20-15-21-19)22-7-2-3-8-22/h2-8,13-15H,9-12H2,1H3. The van der Waals surface area contributed by atoms with Gasteiger partial charge in [-0.25, -0.2) is 18.4 Å². The molecule has 0 amide bonds. The van der Waals surface area contributed by atoms with Gasteiger partial charge in [-0.3, -0.25) is 0 Å². The second kappa shape index (κ2) is 7.61. The summed E-state index contributed by atoms with van der Waals surface area (Å²) in [7, 11) is -2.03. The molecule has 8 nitrogen and oxygen atoms in total. The number of ether oxygens (including phenoxy) is 1. The molecular formula is C19H21N5O3S. The second-order valence-electron chi connectivity index (χ2n) is 6.39. The Labute approximate surface area is 164 Å². The van der Waals surface area contributed by atoms with Crippen LogP contribution < -0.4 is 9.64 Å². The summed E-state index contributed by atoms with van der Waals surface area (Å²) in [5, 5.41) is 0. The number of rotatable bonds is 5. The Morgan fingerprint density at radius 1 is 0.929 bits per heavy atom. The Morgan fingerprint density at radius 3 is 2.36 bits per heavy atom.